The minimum absolute atomic E-state index is 0.0732. The van der Waals surface area contributed by atoms with E-state index < -0.39 is 0 Å². The molecule has 1 amide bonds. The molecule has 0 saturated heterocycles. The number of amides is 1. The fourth-order valence-electron chi connectivity index (χ4n) is 1.10. The van der Waals surface area contributed by atoms with Crippen molar-refractivity contribution in [1.82, 2.24) is 5.43 Å². The predicted octanol–water partition coefficient (Wildman–Crippen LogP) is 2.17. The van der Waals surface area contributed by atoms with E-state index in [1.165, 1.54) is 0 Å². The average Bonchev–Trinajstić information content (AvgIpc) is 2.65. The van der Waals surface area contributed by atoms with E-state index in [2.05, 4.69) is 10.5 Å². The molecule has 0 saturated carbocycles. The van der Waals surface area contributed by atoms with E-state index in [1.54, 1.807) is 25.3 Å². The molecular formula is C11H16N2O2. The molecule has 1 rings (SSSR count). The number of carbonyl (C=O) groups excluding carboxylic acids is 1. The van der Waals surface area contributed by atoms with Crippen molar-refractivity contribution in [3.05, 3.63) is 24.2 Å². The molecule has 0 aliphatic rings. The van der Waals surface area contributed by atoms with E-state index in [0.29, 0.717) is 23.8 Å². The molecule has 1 N–H and O–H groups in total. The monoisotopic (exact) mass is 208 g/mol. The van der Waals surface area contributed by atoms with Gasteiger partial charge in [0.05, 0.1) is 6.26 Å². The summed E-state index contributed by atoms with van der Waals surface area (Å²) >= 11 is 0. The first-order valence-electron chi connectivity index (χ1n) is 4.96. The van der Waals surface area contributed by atoms with Crippen LogP contribution in [-0.2, 0) is 4.79 Å². The van der Waals surface area contributed by atoms with Gasteiger partial charge in [0.15, 0.2) is 0 Å². The fourth-order valence-corrected chi connectivity index (χ4v) is 1.10. The molecule has 0 aromatic carbocycles. The highest BCUT2D eigenvalue weighted by molar-refractivity contribution is 5.96. The second-order valence-electron chi connectivity index (χ2n) is 3.81. The second kappa shape index (κ2) is 5.34. The summed E-state index contributed by atoms with van der Waals surface area (Å²) in [6, 6.07) is 3.58. The smallest absolute Gasteiger partial charge is 0.240 e. The summed E-state index contributed by atoms with van der Waals surface area (Å²) in [5, 5.41) is 3.94. The van der Waals surface area contributed by atoms with Gasteiger partial charge in [-0.15, -0.1) is 0 Å². The number of rotatable bonds is 4. The molecule has 15 heavy (non-hydrogen) atoms. The van der Waals surface area contributed by atoms with E-state index in [4.69, 9.17) is 4.42 Å². The third-order valence-electron chi connectivity index (χ3n) is 1.82. The van der Waals surface area contributed by atoms with Gasteiger partial charge in [0, 0.05) is 6.42 Å². The van der Waals surface area contributed by atoms with E-state index in [1.807, 2.05) is 13.8 Å². The Hall–Kier alpha value is -1.58. The van der Waals surface area contributed by atoms with Crippen LogP contribution in [0.25, 0.3) is 0 Å². The number of carbonyl (C=O) groups is 1. The largest absolute Gasteiger partial charge is 0.463 e. The normalized spacial score (nSPS) is 11.9. The first-order chi connectivity index (χ1) is 7.09. The lowest BCUT2D eigenvalue weighted by Gasteiger charge is -2.03. The van der Waals surface area contributed by atoms with Crippen LogP contribution in [-0.4, -0.2) is 11.6 Å². The third-order valence-corrected chi connectivity index (χ3v) is 1.82. The zero-order valence-electron chi connectivity index (χ0n) is 9.28. The third kappa shape index (κ3) is 3.97. The van der Waals surface area contributed by atoms with Gasteiger partial charge >= 0.3 is 0 Å². The van der Waals surface area contributed by atoms with Crippen molar-refractivity contribution in [3.63, 3.8) is 0 Å². The maximum absolute atomic E-state index is 11.3. The highest BCUT2D eigenvalue weighted by atomic mass is 16.3. The van der Waals surface area contributed by atoms with Crippen molar-refractivity contribution in [2.75, 3.05) is 0 Å². The van der Waals surface area contributed by atoms with Crippen LogP contribution in [0.1, 0.15) is 33.0 Å². The van der Waals surface area contributed by atoms with Gasteiger partial charge in [0.2, 0.25) is 5.91 Å². The lowest BCUT2D eigenvalue weighted by atomic mass is 10.1. The quantitative estimate of drug-likeness (QED) is 0.609. The molecule has 0 spiro atoms. The highest BCUT2D eigenvalue weighted by Gasteiger charge is 2.04. The maximum Gasteiger partial charge on any atom is 0.240 e. The fraction of sp³-hybridized carbons (Fsp3) is 0.455. The first-order valence-corrected chi connectivity index (χ1v) is 4.96. The topological polar surface area (TPSA) is 54.6 Å². The highest BCUT2D eigenvalue weighted by Crippen LogP contribution is 2.02. The molecule has 4 nitrogen and oxygen atoms in total. The van der Waals surface area contributed by atoms with Crippen molar-refractivity contribution >= 4 is 11.6 Å². The molecule has 0 unspecified atom stereocenters. The molecule has 4 heteroatoms. The second-order valence-corrected chi connectivity index (χ2v) is 3.81. The van der Waals surface area contributed by atoms with Gasteiger partial charge < -0.3 is 4.42 Å². The Bertz CT molecular complexity index is 339. The van der Waals surface area contributed by atoms with Crippen LogP contribution in [0.5, 0.6) is 0 Å². The van der Waals surface area contributed by atoms with Crippen molar-refractivity contribution in [2.24, 2.45) is 11.0 Å². The SMILES string of the molecule is CC(=NNC(=O)CC(C)C)c1ccco1. The standard InChI is InChI=1S/C11H16N2O2/c1-8(2)7-11(14)13-12-9(3)10-5-4-6-15-10/h4-6,8H,7H2,1-3H3,(H,13,14). The molecule has 0 aliphatic carbocycles. The van der Waals surface area contributed by atoms with Gasteiger partial charge in [0.1, 0.15) is 11.5 Å². The van der Waals surface area contributed by atoms with Gasteiger partial charge in [0.25, 0.3) is 0 Å². The Morgan fingerprint density at radius 3 is 2.87 bits per heavy atom. The molecule has 0 atom stereocenters. The molecule has 1 aromatic heterocycles. The molecule has 0 aliphatic heterocycles. The molecule has 82 valence electrons. The minimum atomic E-state index is -0.0732. The van der Waals surface area contributed by atoms with Crippen molar-refractivity contribution in [1.29, 1.82) is 0 Å². The summed E-state index contributed by atoms with van der Waals surface area (Å²) in [7, 11) is 0. The average molecular weight is 208 g/mol. The zero-order chi connectivity index (χ0) is 11.3. The van der Waals surface area contributed by atoms with Gasteiger partial charge in [-0.3, -0.25) is 4.79 Å². The number of nitrogens with zero attached hydrogens (tertiary/aromatic N) is 1. The van der Waals surface area contributed by atoms with Crippen LogP contribution >= 0.6 is 0 Å². The van der Waals surface area contributed by atoms with Crippen molar-refractivity contribution < 1.29 is 9.21 Å². The van der Waals surface area contributed by atoms with Gasteiger partial charge in [-0.05, 0) is 25.0 Å². The van der Waals surface area contributed by atoms with Crippen LogP contribution < -0.4 is 5.43 Å². The summed E-state index contributed by atoms with van der Waals surface area (Å²) in [6.07, 6.45) is 2.05. The number of nitrogens with one attached hydrogen (secondary N) is 1. The van der Waals surface area contributed by atoms with E-state index in [0.717, 1.165) is 0 Å². The summed E-state index contributed by atoms with van der Waals surface area (Å²) in [6.45, 7) is 5.76. The number of hydrogen-bond donors (Lipinski definition) is 1. The molecule has 0 radical (unpaired) electrons. The van der Waals surface area contributed by atoms with Crippen LogP contribution in [0.15, 0.2) is 27.9 Å². The zero-order valence-corrected chi connectivity index (χ0v) is 9.28. The summed E-state index contributed by atoms with van der Waals surface area (Å²) < 4.78 is 5.13. The molecule has 1 heterocycles. The number of hydrogen-bond acceptors (Lipinski definition) is 3. The Balaban J connectivity index is 2.48. The number of hydrazone groups is 1. The lowest BCUT2D eigenvalue weighted by molar-refractivity contribution is -0.121. The minimum Gasteiger partial charge on any atom is -0.463 e. The van der Waals surface area contributed by atoms with Gasteiger partial charge in [-0.1, -0.05) is 13.8 Å². The van der Waals surface area contributed by atoms with Crippen molar-refractivity contribution in [3.8, 4) is 0 Å². The van der Waals surface area contributed by atoms with Gasteiger partial charge in [-0.25, -0.2) is 5.43 Å². The lowest BCUT2D eigenvalue weighted by Crippen LogP contribution is -2.20. The summed E-state index contributed by atoms with van der Waals surface area (Å²) in [5.41, 5.74) is 3.16. The Morgan fingerprint density at radius 2 is 2.33 bits per heavy atom. The van der Waals surface area contributed by atoms with E-state index >= 15 is 0 Å². The Labute approximate surface area is 89.4 Å². The Kier molecular flexibility index (Phi) is 4.09. The van der Waals surface area contributed by atoms with Crippen LogP contribution in [0.2, 0.25) is 0 Å². The molecule has 0 fully saturated rings. The van der Waals surface area contributed by atoms with Gasteiger partial charge in [-0.2, -0.15) is 5.10 Å². The maximum atomic E-state index is 11.3. The molecular weight excluding hydrogens is 192 g/mol. The molecule has 0 bridgehead atoms. The van der Waals surface area contributed by atoms with Crippen LogP contribution in [0.4, 0.5) is 0 Å². The Morgan fingerprint density at radius 1 is 1.60 bits per heavy atom. The predicted molar refractivity (Wildman–Crippen MR) is 58.5 cm³/mol. The van der Waals surface area contributed by atoms with E-state index in [-0.39, 0.29) is 5.91 Å². The molecule has 1 aromatic rings. The van der Waals surface area contributed by atoms with E-state index in [9.17, 15) is 4.79 Å². The summed E-state index contributed by atoms with van der Waals surface area (Å²) in [4.78, 5) is 11.3. The first kappa shape index (κ1) is 11.5. The van der Waals surface area contributed by atoms with Crippen LogP contribution in [0, 0.1) is 5.92 Å². The van der Waals surface area contributed by atoms with Crippen LogP contribution in [0.3, 0.4) is 0 Å². The summed E-state index contributed by atoms with van der Waals surface area (Å²) in [5.74, 6) is 0.930. The van der Waals surface area contributed by atoms with Crippen molar-refractivity contribution in [2.45, 2.75) is 27.2 Å². The number of furan rings is 1.